The summed E-state index contributed by atoms with van der Waals surface area (Å²) < 4.78 is 10.8. The number of amides is 2. The number of nitrogens with zero attached hydrogens (tertiary/aromatic N) is 2. The fourth-order valence-electron chi connectivity index (χ4n) is 2.91. The van der Waals surface area contributed by atoms with Gasteiger partial charge in [-0.15, -0.1) is 0 Å². The van der Waals surface area contributed by atoms with Crippen LogP contribution in [0.1, 0.15) is 0 Å². The summed E-state index contributed by atoms with van der Waals surface area (Å²) in [6, 6.07) is 17.1. The zero-order valence-electron chi connectivity index (χ0n) is 20.3. The maximum atomic E-state index is 12.1. The molecule has 40 heavy (non-hydrogen) atoms. The van der Waals surface area contributed by atoms with Gasteiger partial charge in [-0.1, -0.05) is 0 Å². The summed E-state index contributed by atoms with van der Waals surface area (Å²) in [5, 5.41) is 31.7. The van der Waals surface area contributed by atoms with Crippen LogP contribution in [0.15, 0.2) is 72.8 Å². The van der Waals surface area contributed by atoms with Crippen LogP contribution >= 0.6 is 24.4 Å². The molecule has 0 saturated heterocycles. The summed E-state index contributed by atoms with van der Waals surface area (Å²) in [4.78, 5) is 44.5. The molecule has 0 aliphatic rings. The van der Waals surface area contributed by atoms with Crippen LogP contribution in [-0.4, -0.2) is 45.1 Å². The molecule has 0 bridgehead atoms. The average Bonchev–Trinajstić information content (AvgIpc) is 2.91. The Hall–Kier alpha value is -5.22. The Labute approximate surface area is 237 Å². The van der Waals surface area contributed by atoms with E-state index in [1.807, 2.05) is 0 Å². The minimum Gasteiger partial charge on any atom is -0.484 e. The molecular formula is C24H20N6O8S2. The molecule has 16 heteroatoms. The highest BCUT2D eigenvalue weighted by Crippen LogP contribution is 2.18. The van der Waals surface area contributed by atoms with E-state index in [2.05, 4.69) is 21.3 Å². The third-order valence-electron chi connectivity index (χ3n) is 4.74. The van der Waals surface area contributed by atoms with Crippen molar-refractivity contribution >= 4 is 69.2 Å². The number of carbonyl (C=O) groups is 2. The number of ether oxygens (including phenoxy) is 2. The summed E-state index contributed by atoms with van der Waals surface area (Å²) in [6.07, 6.45) is 0. The molecule has 3 aromatic carbocycles. The lowest BCUT2D eigenvalue weighted by Crippen LogP contribution is -2.37. The number of anilines is 2. The number of hydrogen-bond donors (Lipinski definition) is 4. The van der Waals surface area contributed by atoms with E-state index in [9.17, 15) is 29.8 Å². The quantitative estimate of drug-likeness (QED) is 0.155. The normalized spacial score (nSPS) is 10.0. The van der Waals surface area contributed by atoms with Gasteiger partial charge in [0.05, 0.1) is 9.85 Å². The largest absolute Gasteiger partial charge is 0.484 e. The van der Waals surface area contributed by atoms with Crippen molar-refractivity contribution in [2.45, 2.75) is 0 Å². The van der Waals surface area contributed by atoms with E-state index in [1.54, 1.807) is 0 Å². The first-order valence-corrected chi connectivity index (χ1v) is 12.0. The number of carbonyl (C=O) groups excluding carboxylic acids is 2. The highest BCUT2D eigenvalue weighted by Gasteiger charge is 2.10. The maximum Gasteiger partial charge on any atom is 0.269 e. The predicted molar refractivity (Wildman–Crippen MR) is 152 cm³/mol. The molecule has 14 nitrogen and oxygen atoms in total. The predicted octanol–water partition coefficient (Wildman–Crippen LogP) is 3.29. The van der Waals surface area contributed by atoms with Crippen LogP contribution < -0.4 is 30.7 Å². The van der Waals surface area contributed by atoms with Gasteiger partial charge in [-0.25, -0.2) is 0 Å². The Bertz CT molecular complexity index is 1310. The third-order valence-corrected chi connectivity index (χ3v) is 5.15. The molecule has 3 rings (SSSR count). The van der Waals surface area contributed by atoms with Gasteiger partial charge in [-0.3, -0.25) is 40.5 Å². The fourth-order valence-corrected chi connectivity index (χ4v) is 3.38. The van der Waals surface area contributed by atoms with Crippen molar-refractivity contribution in [3.63, 3.8) is 0 Å². The number of benzene rings is 3. The number of hydrogen-bond acceptors (Lipinski definition) is 10. The lowest BCUT2D eigenvalue weighted by Gasteiger charge is -2.11. The minimum atomic E-state index is -0.533. The van der Waals surface area contributed by atoms with E-state index < -0.39 is 21.7 Å². The van der Waals surface area contributed by atoms with Crippen molar-refractivity contribution in [2.24, 2.45) is 0 Å². The van der Waals surface area contributed by atoms with Gasteiger partial charge in [0.2, 0.25) is 0 Å². The molecule has 0 atom stereocenters. The van der Waals surface area contributed by atoms with Crippen molar-refractivity contribution in [3.8, 4) is 11.5 Å². The average molecular weight is 585 g/mol. The molecule has 0 aliphatic heterocycles. The summed E-state index contributed by atoms with van der Waals surface area (Å²) in [7, 11) is 0. The molecule has 2 amide bonds. The van der Waals surface area contributed by atoms with Gasteiger partial charge in [0.15, 0.2) is 23.4 Å². The van der Waals surface area contributed by atoms with Crippen LogP contribution in [0.5, 0.6) is 11.5 Å². The molecule has 0 radical (unpaired) electrons. The molecule has 0 heterocycles. The molecule has 0 aromatic heterocycles. The van der Waals surface area contributed by atoms with Crippen LogP contribution in [0.25, 0.3) is 0 Å². The molecule has 0 unspecified atom stereocenters. The van der Waals surface area contributed by atoms with E-state index in [4.69, 9.17) is 33.9 Å². The lowest BCUT2D eigenvalue weighted by molar-refractivity contribution is -0.385. The Kier molecular flexibility index (Phi) is 10.3. The molecule has 0 fully saturated rings. The Balaban J connectivity index is 1.35. The van der Waals surface area contributed by atoms with E-state index in [0.29, 0.717) is 22.9 Å². The summed E-state index contributed by atoms with van der Waals surface area (Å²) >= 11 is 10.1. The van der Waals surface area contributed by atoms with E-state index in [-0.39, 0.29) is 34.8 Å². The first-order chi connectivity index (χ1) is 19.1. The highest BCUT2D eigenvalue weighted by molar-refractivity contribution is 7.80. The van der Waals surface area contributed by atoms with Crippen LogP contribution in [0, 0.1) is 20.2 Å². The number of non-ortho nitro benzene ring substituents is 2. The number of nitrogens with one attached hydrogen (secondary N) is 4. The van der Waals surface area contributed by atoms with Gasteiger partial charge in [-0.2, -0.15) is 0 Å². The second kappa shape index (κ2) is 14.1. The topological polar surface area (TPSA) is 187 Å². The molecule has 4 N–H and O–H groups in total. The van der Waals surface area contributed by atoms with Crippen molar-refractivity contribution < 1.29 is 28.9 Å². The maximum absolute atomic E-state index is 12.1. The van der Waals surface area contributed by atoms with Crippen molar-refractivity contribution in [1.82, 2.24) is 10.6 Å². The zero-order valence-corrected chi connectivity index (χ0v) is 22.0. The molecule has 0 saturated carbocycles. The summed E-state index contributed by atoms with van der Waals surface area (Å²) in [5.41, 5.74) is 0.769. The van der Waals surface area contributed by atoms with Crippen LogP contribution in [0.3, 0.4) is 0 Å². The zero-order chi connectivity index (χ0) is 29.1. The Morgan fingerprint density at radius 1 is 0.625 bits per heavy atom. The van der Waals surface area contributed by atoms with Crippen molar-refractivity contribution in [3.05, 3.63) is 93.0 Å². The van der Waals surface area contributed by atoms with Crippen LogP contribution in [-0.2, 0) is 9.59 Å². The van der Waals surface area contributed by atoms with Gasteiger partial charge >= 0.3 is 0 Å². The Morgan fingerprint density at radius 2 is 0.950 bits per heavy atom. The number of nitro groups is 2. The van der Waals surface area contributed by atoms with Gasteiger partial charge in [0.1, 0.15) is 11.5 Å². The molecule has 0 aliphatic carbocycles. The SMILES string of the molecule is O=C(COc1ccc(OCC(=O)NC(=S)Nc2ccc([N+](=O)[O-])cc2)cc1)NC(=S)Nc1ccc([N+](=O)[O-])cc1. The standard InChI is InChI=1S/C24H20N6O8S2/c31-21(27-23(39)25-15-1-5-17(6-2-15)29(33)34)13-37-19-9-11-20(12-10-19)38-14-22(32)28-24(40)26-16-3-7-18(8-4-16)30(35)36/h1-12H,13-14H2,(H2,25,27,31,39)(H2,26,28,32,40). The molecular weight excluding hydrogens is 564 g/mol. The number of rotatable bonds is 10. The van der Waals surface area contributed by atoms with Crippen LogP contribution in [0.2, 0.25) is 0 Å². The first kappa shape index (κ1) is 29.3. The van der Waals surface area contributed by atoms with Crippen LogP contribution in [0.4, 0.5) is 22.7 Å². The third kappa shape index (κ3) is 9.58. The van der Waals surface area contributed by atoms with Gasteiger partial charge in [0, 0.05) is 35.6 Å². The van der Waals surface area contributed by atoms with E-state index in [1.165, 1.54) is 72.8 Å². The smallest absolute Gasteiger partial charge is 0.269 e. The van der Waals surface area contributed by atoms with Gasteiger partial charge in [-0.05, 0) is 73.0 Å². The summed E-state index contributed by atoms with van der Waals surface area (Å²) in [6.45, 7) is -0.687. The monoisotopic (exact) mass is 584 g/mol. The van der Waals surface area contributed by atoms with Gasteiger partial charge in [0.25, 0.3) is 23.2 Å². The van der Waals surface area contributed by atoms with E-state index >= 15 is 0 Å². The number of thiocarbonyl (C=S) groups is 2. The first-order valence-electron chi connectivity index (χ1n) is 11.2. The lowest BCUT2D eigenvalue weighted by atomic mass is 10.3. The minimum absolute atomic E-state index is 0.00750. The van der Waals surface area contributed by atoms with Crippen molar-refractivity contribution in [1.29, 1.82) is 0 Å². The number of nitro benzene ring substituents is 2. The second-order valence-corrected chi connectivity index (χ2v) is 8.48. The molecule has 3 aromatic rings. The fraction of sp³-hybridized carbons (Fsp3) is 0.0833. The van der Waals surface area contributed by atoms with E-state index in [0.717, 1.165) is 0 Å². The molecule has 0 spiro atoms. The second-order valence-electron chi connectivity index (χ2n) is 7.66. The summed E-state index contributed by atoms with van der Waals surface area (Å²) in [5.74, 6) is -0.353. The van der Waals surface area contributed by atoms with Gasteiger partial charge < -0.3 is 20.1 Å². The highest BCUT2D eigenvalue weighted by atomic mass is 32.1. The molecule has 206 valence electrons. The van der Waals surface area contributed by atoms with Crippen molar-refractivity contribution in [2.75, 3.05) is 23.8 Å². The Morgan fingerprint density at radius 3 is 1.25 bits per heavy atom.